The molecule has 0 heterocycles. The van der Waals surface area contributed by atoms with Crippen LogP contribution in [-0.4, -0.2) is 6.10 Å². The van der Waals surface area contributed by atoms with E-state index >= 15 is 0 Å². The molecule has 0 radical (unpaired) electrons. The van der Waals surface area contributed by atoms with E-state index in [1.165, 1.54) is 0 Å². The molecule has 0 fully saturated rings. The zero-order valence-corrected chi connectivity index (χ0v) is 17.2. The minimum atomic E-state index is -0.0567. The number of hydrogen-bond donors (Lipinski definition) is 0. The van der Waals surface area contributed by atoms with E-state index in [0.717, 1.165) is 37.7 Å². The van der Waals surface area contributed by atoms with Crippen LogP contribution in [-0.2, 0) is 4.74 Å². The highest BCUT2D eigenvalue weighted by atomic mass is 16.6. The number of ether oxygens (including phenoxy) is 1. The van der Waals surface area contributed by atoms with Crippen LogP contribution in [0.25, 0.3) is 0 Å². The van der Waals surface area contributed by atoms with Gasteiger partial charge in [-0.25, -0.2) is 0 Å². The van der Waals surface area contributed by atoms with E-state index in [9.17, 15) is 5.11 Å². The minimum Gasteiger partial charge on any atom is -0.609 e. The Labute approximate surface area is 145 Å². The van der Waals surface area contributed by atoms with E-state index in [4.69, 9.17) is 4.74 Å². The second-order valence-corrected chi connectivity index (χ2v) is 8.44. The molecule has 0 amide bonds. The maximum absolute atomic E-state index is 12.9. The molecule has 138 valence electrons. The third-order valence-corrected chi connectivity index (χ3v) is 4.95. The monoisotopic (exact) mass is 325 g/mol. The Kier molecular flexibility index (Phi) is 9.96. The van der Waals surface area contributed by atoms with Gasteiger partial charge in [0, 0.05) is 6.10 Å². The van der Waals surface area contributed by atoms with Crippen molar-refractivity contribution < 1.29 is 9.84 Å². The van der Waals surface area contributed by atoms with Crippen LogP contribution in [0, 0.1) is 23.2 Å². The molecule has 0 saturated carbocycles. The van der Waals surface area contributed by atoms with Gasteiger partial charge in [-0.1, -0.05) is 88.0 Å². The summed E-state index contributed by atoms with van der Waals surface area (Å²) in [4.78, 5) is 0. The van der Waals surface area contributed by atoms with Gasteiger partial charge in [0.25, 0.3) is 0 Å². The lowest BCUT2D eigenvalue weighted by Gasteiger charge is -2.40. The summed E-state index contributed by atoms with van der Waals surface area (Å²) in [5, 5.41) is 12.9. The summed E-state index contributed by atoms with van der Waals surface area (Å²) < 4.78 is 6.13. The molecule has 0 atom stereocenters. The summed E-state index contributed by atoms with van der Waals surface area (Å²) in [6, 6.07) is 0. The maximum atomic E-state index is 12.9. The van der Waals surface area contributed by atoms with E-state index < -0.39 is 0 Å². The van der Waals surface area contributed by atoms with Crippen molar-refractivity contribution in [3.05, 3.63) is 11.5 Å². The van der Waals surface area contributed by atoms with Crippen LogP contribution >= 0.6 is 0 Å². The highest BCUT2D eigenvalue weighted by molar-refractivity contribution is 5.07. The molecule has 0 saturated heterocycles. The smallest absolute Gasteiger partial charge is 0.0509 e. The molecule has 0 aromatic carbocycles. The molecule has 0 unspecified atom stereocenters. The van der Waals surface area contributed by atoms with E-state index in [0.29, 0.717) is 11.8 Å². The molecule has 0 bridgehead atoms. The molecule has 0 aliphatic carbocycles. The van der Waals surface area contributed by atoms with Crippen molar-refractivity contribution in [2.45, 2.75) is 101 Å². The number of allylic oxidation sites excluding steroid dienone is 1. The third-order valence-electron chi connectivity index (χ3n) is 4.95. The molecule has 2 heteroatoms. The Morgan fingerprint density at radius 2 is 1.26 bits per heavy atom. The molecular weight excluding hydrogens is 284 g/mol. The fourth-order valence-corrected chi connectivity index (χ4v) is 3.37. The van der Waals surface area contributed by atoms with Crippen molar-refractivity contribution in [1.29, 1.82) is 0 Å². The maximum Gasteiger partial charge on any atom is 0.0509 e. The summed E-state index contributed by atoms with van der Waals surface area (Å²) in [6.45, 7) is 19.6. The van der Waals surface area contributed by atoms with Crippen LogP contribution in [0.1, 0.15) is 94.4 Å². The predicted octanol–water partition coefficient (Wildman–Crippen LogP) is 5.91. The average Bonchev–Trinajstić information content (AvgIpc) is 2.45. The van der Waals surface area contributed by atoms with Crippen molar-refractivity contribution in [2.75, 3.05) is 0 Å². The van der Waals surface area contributed by atoms with Crippen LogP contribution in [0.5, 0.6) is 0 Å². The van der Waals surface area contributed by atoms with Gasteiger partial charge < -0.3 is 9.84 Å². The molecule has 0 aromatic heterocycles. The minimum absolute atomic E-state index is 0.0567. The Balaban J connectivity index is 5.52. The Morgan fingerprint density at radius 1 is 0.870 bits per heavy atom. The third kappa shape index (κ3) is 7.63. The van der Waals surface area contributed by atoms with Gasteiger partial charge in [-0.05, 0) is 35.2 Å². The van der Waals surface area contributed by atoms with E-state index in [2.05, 4.69) is 62.3 Å². The van der Waals surface area contributed by atoms with Gasteiger partial charge in [0.15, 0.2) is 0 Å². The van der Waals surface area contributed by atoms with Gasteiger partial charge in [0.1, 0.15) is 0 Å². The first-order chi connectivity index (χ1) is 10.6. The first kappa shape index (κ1) is 22.3. The summed E-state index contributed by atoms with van der Waals surface area (Å²) in [7, 11) is 0. The lowest BCUT2D eigenvalue weighted by molar-refractivity contribution is -0.370. The highest BCUT2D eigenvalue weighted by Gasteiger charge is 2.24. The van der Waals surface area contributed by atoms with E-state index in [1.807, 2.05) is 0 Å². The molecule has 2 nitrogen and oxygen atoms in total. The molecule has 0 aromatic rings. The van der Waals surface area contributed by atoms with Crippen LogP contribution < -0.4 is 5.11 Å². The molecular formula is C21H41O2-. The number of hydrogen-bond acceptors (Lipinski definition) is 2. The van der Waals surface area contributed by atoms with Gasteiger partial charge in [0.2, 0.25) is 0 Å². The number of rotatable bonds is 10. The van der Waals surface area contributed by atoms with E-state index in [-0.39, 0.29) is 23.4 Å². The second-order valence-electron chi connectivity index (χ2n) is 8.44. The summed E-state index contributed by atoms with van der Waals surface area (Å²) in [5.74, 6) is 1.11. The first-order valence-corrected chi connectivity index (χ1v) is 9.67. The predicted molar refractivity (Wildman–Crippen MR) is 99.0 cm³/mol. The van der Waals surface area contributed by atoms with Crippen molar-refractivity contribution >= 4 is 0 Å². The second kappa shape index (κ2) is 10.3. The molecule has 0 spiro atoms. The Morgan fingerprint density at radius 3 is 1.52 bits per heavy atom. The SMILES string of the molecule is CCC(CC)C(OC([O-])=C(CC(C)(C)C)C(C)C)C(CC)CC. The van der Waals surface area contributed by atoms with Gasteiger partial charge in [0.05, 0.1) is 5.95 Å². The van der Waals surface area contributed by atoms with Gasteiger partial charge in [-0.2, -0.15) is 0 Å². The largest absolute Gasteiger partial charge is 0.609 e. The molecule has 0 rings (SSSR count). The first-order valence-electron chi connectivity index (χ1n) is 9.67. The van der Waals surface area contributed by atoms with Crippen LogP contribution in [0.3, 0.4) is 0 Å². The fraction of sp³-hybridized carbons (Fsp3) is 0.905. The van der Waals surface area contributed by atoms with Crippen LogP contribution in [0.2, 0.25) is 0 Å². The van der Waals surface area contributed by atoms with Gasteiger partial charge in [-0.15, -0.1) is 0 Å². The average molecular weight is 326 g/mol. The lowest BCUT2D eigenvalue weighted by Crippen LogP contribution is -2.34. The van der Waals surface area contributed by atoms with Crippen molar-refractivity contribution in [3.8, 4) is 0 Å². The normalized spacial score (nSPS) is 14.1. The Hall–Kier alpha value is -0.660. The van der Waals surface area contributed by atoms with Crippen molar-refractivity contribution in [2.24, 2.45) is 23.2 Å². The molecule has 23 heavy (non-hydrogen) atoms. The topological polar surface area (TPSA) is 32.3 Å². The lowest BCUT2D eigenvalue weighted by atomic mass is 9.83. The summed E-state index contributed by atoms with van der Waals surface area (Å²) in [5.41, 5.74) is 1.05. The summed E-state index contributed by atoms with van der Waals surface area (Å²) >= 11 is 0. The highest BCUT2D eigenvalue weighted by Crippen LogP contribution is 2.33. The van der Waals surface area contributed by atoms with Gasteiger partial charge >= 0.3 is 0 Å². The van der Waals surface area contributed by atoms with E-state index in [1.54, 1.807) is 0 Å². The summed E-state index contributed by atoms with van der Waals surface area (Å²) in [6.07, 6.45) is 5.15. The van der Waals surface area contributed by atoms with Crippen molar-refractivity contribution in [1.82, 2.24) is 0 Å². The Bertz CT molecular complexity index is 329. The zero-order valence-electron chi connectivity index (χ0n) is 17.2. The van der Waals surface area contributed by atoms with Crippen molar-refractivity contribution in [3.63, 3.8) is 0 Å². The van der Waals surface area contributed by atoms with Crippen LogP contribution in [0.15, 0.2) is 11.5 Å². The van der Waals surface area contributed by atoms with Crippen LogP contribution in [0.4, 0.5) is 0 Å². The molecule has 0 aliphatic heterocycles. The molecule has 0 N–H and O–H groups in total. The quantitative estimate of drug-likeness (QED) is 0.468. The van der Waals surface area contributed by atoms with Gasteiger partial charge in [-0.3, -0.25) is 0 Å². The standard InChI is InChI=1S/C21H42O2/c1-10-16(11-2)19(17(12-3)13-4)23-20(22)18(15(5)6)14-21(7,8)9/h15-17,19,22H,10-14H2,1-9H3/p-1. The zero-order chi connectivity index (χ0) is 18.2. The molecule has 0 aliphatic rings. The fourth-order valence-electron chi connectivity index (χ4n) is 3.37.